The van der Waals surface area contributed by atoms with Crippen LogP contribution in [-0.4, -0.2) is 52.4 Å². The molecular weight excluding hydrogens is 464 g/mol. The van der Waals surface area contributed by atoms with Gasteiger partial charge in [0.05, 0.1) is 10.9 Å². The second-order valence-corrected chi connectivity index (χ2v) is 12.0. The molecular formula is C24H35BrO6. The number of allylic oxidation sites excluding steroid dienone is 1. The van der Waals surface area contributed by atoms with E-state index in [2.05, 4.69) is 35.9 Å². The minimum Gasteiger partial charge on any atom is -0.465 e. The van der Waals surface area contributed by atoms with Gasteiger partial charge in [-0.2, -0.15) is 0 Å². The van der Waals surface area contributed by atoms with Gasteiger partial charge in [-0.25, -0.2) is 0 Å². The monoisotopic (exact) mass is 498 g/mol. The predicted molar refractivity (Wildman–Crippen MR) is 118 cm³/mol. The molecule has 4 rings (SSSR count). The molecule has 31 heavy (non-hydrogen) atoms. The van der Waals surface area contributed by atoms with Crippen molar-refractivity contribution in [1.82, 2.24) is 0 Å². The smallest absolute Gasteiger partial charge is 0.302 e. The molecule has 0 saturated heterocycles. The summed E-state index contributed by atoms with van der Waals surface area (Å²) in [6, 6.07) is 0. The lowest BCUT2D eigenvalue weighted by molar-refractivity contribution is -0.158. The van der Waals surface area contributed by atoms with Crippen LogP contribution in [0.5, 0.6) is 0 Å². The highest BCUT2D eigenvalue weighted by atomic mass is 79.9. The lowest BCUT2D eigenvalue weighted by Crippen LogP contribution is -2.56. The van der Waals surface area contributed by atoms with Crippen molar-refractivity contribution >= 4 is 27.9 Å². The molecule has 4 aliphatic carbocycles. The van der Waals surface area contributed by atoms with E-state index in [1.807, 2.05) is 0 Å². The maximum atomic E-state index is 11.8. The number of hydrogen-bond acceptors (Lipinski definition) is 6. The second-order valence-electron chi connectivity index (χ2n) is 10.9. The standard InChI is InChI=1S/C24H35BrO6/c1-13(27)30-11-21(25)22(3)6-5-16-15(8-22)18(29)7-20-23(16,4)10-19(31-14(2)28)17-9-24(17,20)12-26/h5,15,17-21,26,29H,6-12H2,1-4H3/t15-,17+,18-,19-,20+,21+,22-,23+,24+/m1/s1. The number of rotatable bonds is 5. The number of alkyl halides is 1. The molecule has 174 valence electrons. The maximum absolute atomic E-state index is 11.8. The van der Waals surface area contributed by atoms with Crippen LogP contribution >= 0.6 is 15.9 Å². The summed E-state index contributed by atoms with van der Waals surface area (Å²) in [7, 11) is 0. The van der Waals surface area contributed by atoms with Crippen molar-refractivity contribution in [2.24, 2.45) is 34.0 Å². The molecule has 0 unspecified atom stereocenters. The van der Waals surface area contributed by atoms with Crippen molar-refractivity contribution in [3.8, 4) is 0 Å². The van der Waals surface area contributed by atoms with Gasteiger partial charge in [0, 0.05) is 37.7 Å². The molecule has 0 bridgehead atoms. The van der Waals surface area contributed by atoms with Crippen LogP contribution in [-0.2, 0) is 19.1 Å². The first-order valence-corrected chi connectivity index (χ1v) is 12.3. The first-order chi connectivity index (χ1) is 14.5. The van der Waals surface area contributed by atoms with E-state index >= 15 is 0 Å². The fraction of sp³-hybridized carbons (Fsp3) is 0.833. The Morgan fingerprint density at radius 1 is 1.23 bits per heavy atom. The third kappa shape index (κ3) is 3.68. The molecule has 9 atom stereocenters. The number of carbonyl (C=O) groups is 2. The average Bonchev–Trinajstić information content (AvgIpc) is 3.44. The zero-order valence-corrected chi connectivity index (χ0v) is 20.5. The zero-order chi connectivity index (χ0) is 22.8. The second kappa shape index (κ2) is 7.84. The summed E-state index contributed by atoms with van der Waals surface area (Å²) in [5, 5.41) is 21.6. The van der Waals surface area contributed by atoms with Gasteiger partial charge in [-0.1, -0.05) is 41.4 Å². The van der Waals surface area contributed by atoms with Gasteiger partial charge >= 0.3 is 11.9 Å². The molecule has 4 aliphatic rings. The summed E-state index contributed by atoms with van der Waals surface area (Å²) in [5.41, 5.74) is 0.651. The summed E-state index contributed by atoms with van der Waals surface area (Å²) in [6.07, 6.45) is 5.53. The van der Waals surface area contributed by atoms with Crippen molar-refractivity contribution in [2.75, 3.05) is 13.2 Å². The number of fused-ring (bicyclic) bond motifs is 5. The molecule has 0 aromatic carbocycles. The molecule has 0 aromatic heterocycles. The Morgan fingerprint density at radius 2 is 1.94 bits per heavy atom. The molecule has 6 nitrogen and oxygen atoms in total. The van der Waals surface area contributed by atoms with Crippen LogP contribution in [0.1, 0.15) is 59.8 Å². The van der Waals surface area contributed by atoms with E-state index in [1.165, 1.54) is 19.4 Å². The Bertz CT molecular complexity index is 797. The van der Waals surface area contributed by atoms with Crippen molar-refractivity contribution in [3.05, 3.63) is 11.6 Å². The topological polar surface area (TPSA) is 93.1 Å². The maximum Gasteiger partial charge on any atom is 0.302 e. The van der Waals surface area contributed by atoms with E-state index in [-0.39, 0.29) is 63.5 Å². The van der Waals surface area contributed by atoms with Crippen LogP contribution in [0.25, 0.3) is 0 Å². The molecule has 3 saturated carbocycles. The minimum absolute atomic E-state index is 0.00354. The van der Waals surface area contributed by atoms with Crippen LogP contribution in [0.4, 0.5) is 0 Å². The number of hydrogen-bond donors (Lipinski definition) is 2. The Kier molecular flexibility index (Phi) is 5.88. The average molecular weight is 499 g/mol. The number of carbonyl (C=O) groups excluding carboxylic acids is 2. The first-order valence-electron chi connectivity index (χ1n) is 11.4. The third-order valence-electron chi connectivity index (χ3n) is 8.99. The summed E-state index contributed by atoms with van der Waals surface area (Å²) >= 11 is 3.74. The number of ether oxygens (including phenoxy) is 2. The van der Waals surface area contributed by atoms with Crippen LogP contribution in [0.3, 0.4) is 0 Å². The van der Waals surface area contributed by atoms with Gasteiger partial charge < -0.3 is 19.7 Å². The van der Waals surface area contributed by atoms with Gasteiger partial charge in [0.2, 0.25) is 0 Å². The fourth-order valence-corrected chi connectivity index (χ4v) is 7.78. The normalized spacial score (nSPS) is 46.5. The quantitative estimate of drug-likeness (QED) is 0.342. The van der Waals surface area contributed by atoms with Crippen LogP contribution in [0.2, 0.25) is 0 Å². The Hall–Kier alpha value is -0.920. The molecule has 2 N–H and O–H groups in total. The summed E-state index contributed by atoms with van der Waals surface area (Å²) < 4.78 is 11.0. The molecule has 3 fully saturated rings. The van der Waals surface area contributed by atoms with Crippen molar-refractivity contribution in [3.63, 3.8) is 0 Å². The van der Waals surface area contributed by atoms with Gasteiger partial charge in [0.15, 0.2) is 0 Å². The van der Waals surface area contributed by atoms with Crippen molar-refractivity contribution in [2.45, 2.75) is 76.8 Å². The van der Waals surface area contributed by atoms with Crippen LogP contribution in [0, 0.1) is 34.0 Å². The largest absolute Gasteiger partial charge is 0.465 e. The fourth-order valence-electron chi connectivity index (χ4n) is 7.28. The lowest BCUT2D eigenvalue weighted by Gasteiger charge is -2.58. The number of aliphatic hydroxyl groups is 2. The molecule has 7 heteroatoms. The third-order valence-corrected chi connectivity index (χ3v) is 10.4. The Labute approximate surface area is 192 Å². The highest BCUT2D eigenvalue weighted by Gasteiger charge is 2.72. The minimum atomic E-state index is -0.465. The predicted octanol–water partition coefficient (Wildman–Crippen LogP) is 3.38. The highest BCUT2D eigenvalue weighted by molar-refractivity contribution is 9.09. The number of halogens is 1. The van der Waals surface area contributed by atoms with E-state index in [4.69, 9.17) is 9.47 Å². The van der Waals surface area contributed by atoms with E-state index in [1.54, 1.807) is 0 Å². The Balaban J connectivity index is 1.64. The highest BCUT2D eigenvalue weighted by Crippen LogP contribution is 2.74. The Morgan fingerprint density at radius 3 is 2.55 bits per heavy atom. The molecule has 0 aromatic rings. The van der Waals surface area contributed by atoms with Crippen molar-refractivity contribution in [1.29, 1.82) is 0 Å². The zero-order valence-electron chi connectivity index (χ0n) is 18.9. The summed E-state index contributed by atoms with van der Waals surface area (Å²) in [6.45, 7) is 7.68. The van der Waals surface area contributed by atoms with Crippen LogP contribution < -0.4 is 0 Å². The van der Waals surface area contributed by atoms with E-state index in [0.29, 0.717) is 13.0 Å². The van der Waals surface area contributed by atoms with E-state index in [0.717, 1.165) is 25.7 Å². The molecule has 0 radical (unpaired) electrons. The van der Waals surface area contributed by atoms with Gasteiger partial charge in [0.25, 0.3) is 0 Å². The van der Waals surface area contributed by atoms with Crippen molar-refractivity contribution < 1.29 is 29.3 Å². The number of aliphatic hydroxyl groups excluding tert-OH is 2. The number of esters is 2. The van der Waals surface area contributed by atoms with E-state index < -0.39 is 6.10 Å². The molecule has 0 aliphatic heterocycles. The van der Waals surface area contributed by atoms with Gasteiger partial charge in [-0.3, -0.25) is 9.59 Å². The first kappa shape index (κ1) is 23.2. The van der Waals surface area contributed by atoms with Gasteiger partial charge in [-0.05, 0) is 48.9 Å². The van der Waals surface area contributed by atoms with Gasteiger partial charge in [-0.15, -0.1) is 0 Å². The lowest BCUT2D eigenvalue weighted by atomic mass is 9.48. The SMILES string of the molecule is CC(=O)OC[C@H](Br)[C@]1(C)CC=C2[C@@H](C1)[C@H](O)C[C@@H]1[C@]3(CO)C[C@H]3[C@H](OC(C)=O)C[C@@]21C. The molecule has 0 spiro atoms. The van der Waals surface area contributed by atoms with E-state index in [9.17, 15) is 19.8 Å². The molecule has 0 heterocycles. The summed E-state index contributed by atoms with van der Waals surface area (Å²) in [5.74, 6) is -0.171. The van der Waals surface area contributed by atoms with Crippen LogP contribution in [0.15, 0.2) is 11.6 Å². The molecule has 0 amide bonds. The summed E-state index contributed by atoms with van der Waals surface area (Å²) in [4.78, 5) is 23.0. The van der Waals surface area contributed by atoms with Gasteiger partial charge in [0.1, 0.15) is 12.7 Å².